The number of carboxylic acid groups (broad SMARTS) is 1. The normalized spacial score (nSPS) is 11.2. The van der Waals surface area contributed by atoms with Crippen LogP contribution in [0.2, 0.25) is 5.02 Å². The highest BCUT2D eigenvalue weighted by atomic mass is 35.5. The fourth-order valence-corrected chi connectivity index (χ4v) is 1.63. The summed E-state index contributed by atoms with van der Waals surface area (Å²) in [5.74, 6) is -0.339. The Hall–Kier alpha value is -1.55. The van der Waals surface area contributed by atoms with Gasteiger partial charge in [0.15, 0.2) is 11.5 Å². The van der Waals surface area contributed by atoms with Gasteiger partial charge in [-0.05, 0) is 12.1 Å². The van der Waals surface area contributed by atoms with E-state index < -0.39 is 5.97 Å². The van der Waals surface area contributed by atoms with Crippen LogP contribution in [0.15, 0.2) is 16.5 Å². The molecule has 0 unspecified atom stereocenters. The van der Waals surface area contributed by atoms with Crippen molar-refractivity contribution < 1.29 is 14.3 Å². The van der Waals surface area contributed by atoms with E-state index in [0.29, 0.717) is 17.0 Å². The third kappa shape index (κ3) is 1.76. The maximum atomic E-state index is 10.8. The second-order valence-corrected chi connectivity index (χ2v) is 4.23. The number of oxazole rings is 1. The van der Waals surface area contributed by atoms with Crippen LogP contribution in [0.25, 0.3) is 11.1 Å². The quantitative estimate of drug-likeness (QED) is 0.873. The van der Waals surface area contributed by atoms with Crippen LogP contribution < -0.4 is 0 Å². The van der Waals surface area contributed by atoms with E-state index in [1.54, 1.807) is 0 Å². The van der Waals surface area contributed by atoms with E-state index in [9.17, 15) is 4.79 Å². The Morgan fingerprint density at radius 2 is 2.19 bits per heavy atom. The highest BCUT2D eigenvalue weighted by Gasteiger charge is 2.15. The van der Waals surface area contributed by atoms with E-state index in [-0.39, 0.29) is 16.5 Å². The molecular weight excluding hydrogens is 230 g/mol. The molecule has 5 heteroatoms. The van der Waals surface area contributed by atoms with Crippen LogP contribution in [0.1, 0.15) is 36.0 Å². The van der Waals surface area contributed by atoms with Crippen molar-refractivity contribution in [2.45, 2.75) is 19.8 Å². The lowest BCUT2D eigenvalue weighted by Crippen LogP contribution is -1.95. The Bertz CT molecular complexity index is 560. The second-order valence-electron chi connectivity index (χ2n) is 3.82. The maximum Gasteiger partial charge on any atom is 0.335 e. The molecule has 1 N–H and O–H groups in total. The Kier molecular flexibility index (Phi) is 2.59. The molecule has 0 spiro atoms. The molecule has 0 aliphatic heterocycles. The van der Waals surface area contributed by atoms with Crippen LogP contribution in [-0.2, 0) is 0 Å². The van der Waals surface area contributed by atoms with E-state index in [1.807, 2.05) is 13.8 Å². The standard InChI is InChI=1S/C11H10ClNO3/c1-5(2)10-13-8-4-6(11(14)15)3-7(12)9(8)16-10/h3-5H,1-2H3,(H,14,15). The van der Waals surface area contributed by atoms with Crippen LogP contribution in [0.5, 0.6) is 0 Å². The van der Waals surface area contributed by atoms with Gasteiger partial charge in [0.2, 0.25) is 0 Å². The minimum atomic E-state index is -1.03. The average Bonchev–Trinajstić information content (AvgIpc) is 2.61. The van der Waals surface area contributed by atoms with Crippen molar-refractivity contribution >= 4 is 28.7 Å². The fraction of sp³-hybridized carbons (Fsp3) is 0.273. The average molecular weight is 240 g/mol. The smallest absolute Gasteiger partial charge is 0.335 e. The predicted octanol–water partition coefficient (Wildman–Crippen LogP) is 3.30. The van der Waals surface area contributed by atoms with Gasteiger partial charge >= 0.3 is 5.97 Å². The molecule has 0 saturated carbocycles. The van der Waals surface area contributed by atoms with Gasteiger partial charge < -0.3 is 9.52 Å². The number of halogens is 1. The molecule has 84 valence electrons. The van der Waals surface area contributed by atoms with Gasteiger partial charge in [0.1, 0.15) is 5.52 Å². The summed E-state index contributed by atoms with van der Waals surface area (Å²) in [5, 5.41) is 9.14. The molecule has 2 rings (SSSR count). The van der Waals surface area contributed by atoms with Gasteiger partial charge in [0.25, 0.3) is 0 Å². The highest BCUT2D eigenvalue weighted by Crippen LogP contribution is 2.28. The third-order valence-electron chi connectivity index (χ3n) is 2.20. The van der Waals surface area contributed by atoms with Gasteiger partial charge in [-0.1, -0.05) is 25.4 Å². The number of hydrogen-bond donors (Lipinski definition) is 1. The van der Waals surface area contributed by atoms with Crippen molar-refractivity contribution in [2.24, 2.45) is 0 Å². The minimum absolute atomic E-state index is 0.112. The van der Waals surface area contributed by atoms with Gasteiger partial charge in [-0.15, -0.1) is 0 Å². The number of carboxylic acids is 1. The second kappa shape index (κ2) is 3.79. The first-order valence-electron chi connectivity index (χ1n) is 4.82. The van der Waals surface area contributed by atoms with Crippen molar-refractivity contribution in [3.05, 3.63) is 28.6 Å². The van der Waals surface area contributed by atoms with E-state index in [0.717, 1.165) is 0 Å². The van der Waals surface area contributed by atoms with Gasteiger partial charge in [-0.25, -0.2) is 9.78 Å². The number of nitrogens with zero attached hydrogens (tertiary/aromatic N) is 1. The van der Waals surface area contributed by atoms with E-state index in [1.165, 1.54) is 12.1 Å². The summed E-state index contributed by atoms with van der Waals surface area (Å²) in [4.78, 5) is 15.0. The van der Waals surface area contributed by atoms with Crippen molar-refractivity contribution in [1.82, 2.24) is 4.98 Å². The first-order chi connectivity index (χ1) is 7.49. The Labute approximate surface area is 96.8 Å². The molecule has 0 atom stereocenters. The van der Waals surface area contributed by atoms with Crippen LogP contribution >= 0.6 is 11.6 Å². The topological polar surface area (TPSA) is 63.3 Å². The van der Waals surface area contributed by atoms with Crippen molar-refractivity contribution in [3.8, 4) is 0 Å². The molecule has 1 heterocycles. The first kappa shape index (κ1) is 11.0. The minimum Gasteiger partial charge on any atom is -0.478 e. The fourth-order valence-electron chi connectivity index (χ4n) is 1.38. The van der Waals surface area contributed by atoms with Crippen LogP contribution in [0.4, 0.5) is 0 Å². The maximum absolute atomic E-state index is 10.8. The molecule has 0 radical (unpaired) electrons. The summed E-state index contributed by atoms with van der Waals surface area (Å²) < 4.78 is 5.46. The first-order valence-corrected chi connectivity index (χ1v) is 5.20. The molecule has 2 aromatic rings. The molecule has 0 bridgehead atoms. The lowest BCUT2D eigenvalue weighted by Gasteiger charge is -1.95. The molecule has 0 saturated heterocycles. The number of benzene rings is 1. The van der Waals surface area contributed by atoms with Gasteiger partial charge in [0.05, 0.1) is 10.6 Å². The van der Waals surface area contributed by atoms with Crippen LogP contribution in [0, 0.1) is 0 Å². The SMILES string of the molecule is CC(C)c1nc2cc(C(=O)O)cc(Cl)c2o1. The Balaban J connectivity index is 2.68. The third-order valence-corrected chi connectivity index (χ3v) is 2.48. The molecule has 0 fully saturated rings. The van der Waals surface area contributed by atoms with Gasteiger partial charge in [-0.3, -0.25) is 0 Å². The highest BCUT2D eigenvalue weighted by molar-refractivity contribution is 6.35. The van der Waals surface area contributed by atoms with Crippen molar-refractivity contribution in [2.75, 3.05) is 0 Å². The Morgan fingerprint density at radius 1 is 1.50 bits per heavy atom. The van der Waals surface area contributed by atoms with Crippen molar-refractivity contribution in [3.63, 3.8) is 0 Å². The number of fused-ring (bicyclic) bond motifs is 1. The predicted molar refractivity (Wildman–Crippen MR) is 60.1 cm³/mol. The summed E-state index contributed by atoms with van der Waals surface area (Å²) in [6, 6.07) is 2.82. The van der Waals surface area contributed by atoms with Crippen LogP contribution in [-0.4, -0.2) is 16.1 Å². The zero-order valence-corrected chi connectivity index (χ0v) is 9.58. The zero-order valence-electron chi connectivity index (χ0n) is 8.82. The van der Waals surface area contributed by atoms with Gasteiger partial charge in [0, 0.05) is 5.92 Å². The monoisotopic (exact) mass is 239 g/mol. The molecule has 4 nitrogen and oxygen atoms in total. The molecule has 1 aromatic carbocycles. The lowest BCUT2D eigenvalue weighted by molar-refractivity contribution is 0.0697. The largest absolute Gasteiger partial charge is 0.478 e. The summed E-state index contributed by atoms with van der Waals surface area (Å²) >= 11 is 5.93. The number of rotatable bonds is 2. The molecule has 0 aliphatic carbocycles. The van der Waals surface area contributed by atoms with Crippen LogP contribution in [0.3, 0.4) is 0 Å². The Morgan fingerprint density at radius 3 is 2.75 bits per heavy atom. The number of aromatic carboxylic acids is 1. The number of hydrogen-bond acceptors (Lipinski definition) is 3. The zero-order chi connectivity index (χ0) is 11.9. The molecule has 0 aliphatic rings. The van der Waals surface area contributed by atoms with E-state index in [4.69, 9.17) is 21.1 Å². The van der Waals surface area contributed by atoms with Gasteiger partial charge in [-0.2, -0.15) is 0 Å². The van der Waals surface area contributed by atoms with E-state index in [2.05, 4.69) is 4.98 Å². The summed E-state index contributed by atoms with van der Waals surface area (Å²) in [5.41, 5.74) is 1.03. The molecule has 16 heavy (non-hydrogen) atoms. The summed E-state index contributed by atoms with van der Waals surface area (Å²) in [7, 11) is 0. The van der Waals surface area contributed by atoms with E-state index >= 15 is 0 Å². The molecule has 0 amide bonds. The number of carbonyl (C=O) groups is 1. The number of aromatic nitrogens is 1. The van der Waals surface area contributed by atoms with Crippen molar-refractivity contribution in [1.29, 1.82) is 0 Å². The molecular formula is C11H10ClNO3. The lowest BCUT2D eigenvalue weighted by atomic mass is 10.2. The molecule has 1 aromatic heterocycles. The summed E-state index contributed by atoms with van der Waals surface area (Å²) in [6.45, 7) is 3.88. The summed E-state index contributed by atoms with van der Waals surface area (Å²) in [6.07, 6.45) is 0.